The first-order valence-electron chi connectivity index (χ1n) is 7.15. The van der Waals surface area contributed by atoms with Gasteiger partial charge in [-0.2, -0.15) is 5.10 Å². The van der Waals surface area contributed by atoms with Crippen molar-refractivity contribution in [1.82, 2.24) is 9.78 Å². The molecule has 7 nitrogen and oxygen atoms in total. The van der Waals surface area contributed by atoms with Crippen molar-refractivity contribution in [2.45, 2.75) is 20.3 Å². The van der Waals surface area contributed by atoms with Crippen molar-refractivity contribution in [1.29, 1.82) is 0 Å². The zero-order chi connectivity index (χ0) is 18.0. The molecule has 0 aliphatic heterocycles. The number of aryl methyl sites for hydroxylation is 1. The van der Waals surface area contributed by atoms with Crippen LogP contribution in [0.15, 0.2) is 12.1 Å². The minimum absolute atomic E-state index is 0.0343. The highest BCUT2D eigenvalue weighted by molar-refractivity contribution is 6.38. The molecule has 1 heterocycles. The number of anilines is 1. The zero-order valence-corrected chi connectivity index (χ0v) is 14.6. The van der Waals surface area contributed by atoms with E-state index in [0.29, 0.717) is 12.1 Å². The van der Waals surface area contributed by atoms with E-state index in [1.54, 1.807) is 6.92 Å². The number of nitrogens with zero attached hydrogens (tertiary/aromatic N) is 2. The smallest absolute Gasteiger partial charge is 0.338 e. The summed E-state index contributed by atoms with van der Waals surface area (Å²) >= 11 is 12.5. The Morgan fingerprint density at radius 3 is 2.25 bits per heavy atom. The lowest BCUT2D eigenvalue weighted by atomic mass is 10.2. The highest BCUT2D eigenvalue weighted by Crippen LogP contribution is 2.33. The van der Waals surface area contributed by atoms with E-state index >= 15 is 0 Å². The number of esters is 1. The van der Waals surface area contributed by atoms with E-state index in [2.05, 4.69) is 5.10 Å². The van der Waals surface area contributed by atoms with Crippen molar-refractivity contribution in [3.8, 4) is 5.69 Å². The van der Waals surface area contributed by atoms with E-state index in [4.69, 9.17) is 39.4 Å². The third-order valence-electron chi connectivity index (χ3n) is 3.31. The highest BCUT2D eigenvalue weighted by Gasteiger charge is 2.23. The Morgan fingerprint density at radius 1 is 1.25 bits per heavy atom. The van der Waals surface area contributed by atoms with Gasteiger partial charge in [-0.15, -0.1) is 0 Å². The first kappa shape index (κ1) is 18.1. The number of rotatable bonds is 5. The molecule has 128 valence electrons. The quantitative estimate of drug-likeness (QED) is 0.785. The fourth-order valence-corrected chi connectivity index (χ4v) is 2.91. The summed E-state index contributed by atoms with van der Waals surface area (Å²) in [6, 6.07) is 2.80. The van der Waals surface area contributed by atoms with Crippen LogP contribution in [0.5, 0.6) is 0 Å². The molecule has 0 unspecified atom stereocenters. The van der Waals surface area contributed by atoms with Crippen molar-refractivity contribution in [2.24, 2.45) is 5.73 Å². The number of amides is 1. The van der Waals surface area contributed by atoms with Crippen LogP contribution in [-0.2, 0) is 11.2 Å². The van der Waals surface area contributed by atoms with Gasteiger partial charge in [-0.1, -0.05) is 30.1 Å². The van der Waals surface area contributed by atoms with Crippen LogP contribution in [0.1, 0.15) is 40.3 Å². The van der Waals surface area contributed by atoms with Gasteiger partial charge in [-0.25, -0.2) is 9.48 Å². The van der Waals surface area contributed by atoms with Crippen LogP contribution in [0, 0.1) is 0 Å². The van der Waals surface area contributed by atoms with E-state index in [1.807, 2.05) is 6.92 Å². The Hall–Kier alpha value is -2.25. The lowest BCUT2D eigenvalue weighted by molar-refractivity contribution is 0.0526. The standard InChI is InChI=1S/C15H16Cl2N4O3/c1-3-10-11(14(19)22)13(18)21(20-10)12-8(16)5-7(6-9(12)17)15(23)24-4-2/h5-6H,3-4,18H2,1-2H3,(H2,19,22). The average molecular weight is 371 g/mol. The molecule has 24 heavy (non-hydrogen) atoms. The van der Waals surface area contributed by atoms with Crippen LogP contribution in [0.4, 0.5) is 5.82 Å². The number of benzene rings is 1. The summed E-state index contributed by atoms with van der Waals surface area (Å²) in [5.41, 5.74) is 12.4. The van der Waals surface area contributed by atoms with E-state index in [-0.39, 0.29) is 39.3 Å². The third-order valence-corrected chi connectivity index (χ3v) is 3.89. The predicted octanol–water partition coefficient (Wildman–Crippen LogP) is 2.60. The van der Waals surface area contributed by atoms with Crippen molar-refractivity contribution >= 4 is 40.9 Å². The molecule has 1 aromatic carbocycles. The molecule has 0 fully saturated rings. The number of ether oxygens (including phenoxy) is 1. The zero-order valence-electron chi connectivity index (χ0n) is 13.1. The molecular weight excluding hydrogens is 355 g/mol. The summed E-state index contributed by atoms with van der Waals surface area (Å²) in [6.45, 7) is 3.73. The molecular formula is C15H16Cl2N4O3. The molecule has 1 aromatic heterocycles. The highest BCUT2D eigenvalue weighted by atomic mass is 35.5. The first-order valence-corrected chi connectivity index (χ1v) is 7.91. The van der Waals surface area contributed by atoms with Gasteiger partial charge in [-0.3, -0.25) is 4.79 Å². The van der Waals surface area contributed by atoms with Gasteiger partial charge in [0.15, 0.2) is 0 Å². The van der Waals surface area contributed by atoms with Gasteiger partial charge in [0.25, 0.3) is 5.91 Å². The number of carbonyl (C=O) groups excluding carboxylic acids is 2. The molecule has 0 aliphatic carbocycles. The van der Waals surface area contributed by atoms with Crippen molar-refractivity contribution in [2.75, 3.05) is 12.3 Å². The number of aromatic nitrogens is 2. The summed E-state index contributed by atoms with van der Waals surface area (Å²) in [6.07, 6.45) is 0.450. The second kappa shape index (κ2) is 7.11. The van der Waals surface area contributed by atoms with E-state index in [9.17, 15) is 9.59 Å². The number of primary amides is 1. The summed E-state index contributed by atoms with van der Waals surface area (Å²) < 4.78 is 6.16. The minimum Gasteiger partial charge on any atom is -0.462 e. The van der Waals surface area contributed by atoms with Gasteiger partial charge in [0.2, 0.25) is 0 Å². The maximum atomic E-state index is 11.8. The van der Waals surface area contributed by atoms with Crippen LogP contribution >= 0.6 is 23.2 Å². The number of carbonyl (C=O) groups is 2. The predicted molar refractivity (Wildman–Crippen MR) is 91.8 cm³/mol. The molecule has 0 aliphatic rings. The third kappa shape index (κ3) is 3.18. The van der Waals surface area contributed by atoms with E-state index in [1.165, 1.54) is 16.8 Å². The molecule has 0 radical (unpaired) electrons. The van der Waals surface area contributed by atoms with Crippen LogP contribution < -0.4 is 11.5 Å². The number of halogens is 2. The average Bonchev–Trinajstić information content (AvgIpc) is 2.83. The number of nitrogen functional groups attached to an aromatic ring is 1. The second-order valence-corrected chi connectivity index (χ2v) is 5.66. The Morgan fingerprint density at radius 2 is 1.83 bits per heavy atom. The largest absolute Gasteiger partial charge is 0.462 e. The molecule has 0 saturated carbocycles. The van der Waals surface area contributed by atoms with Crippen LogP contribution in [0.2, 0.25) is 10.0 Å². The summed E-state index contributed by atoms with van der Waals surface area (Å²) in [5, 5.41) is 4.53. The lowest BCUT2D eigenvalue weighted by Crippen LogP contribution is -2.15. The van der Waals surface area contributed by atoms with Crippen LogP contribution in [0.3, 0.4) is 0 Å². The fraction of sp³-hybridized carbons (Fsp3) is 0.267. The molecule has 2 aromatic rings. The Balaban J connectivity index is 2.62. The topological polar surface area (TPSA) is 113 Å². The summed E-state index contributed by atoms with van der Waals surface area (Å²) in [5.74, 6) is -1.20. The first-order chi connectivity index (χ1) is 11.3. The minimum atomic E-state index is -0.689. The molecule has 9 heteroatoms. The van der Waals surface area contributed by atoms with Gasteiger partial charge in [0.1, 0.15) is 17.1 Å². The maximum Gasteiger partial charge on any atom is 0.338 e. The maximum absolute atomic E-state index is 11.8. The van der Waals surface area contributed by atoms with Crippen LogP contribution in [-0.4, -0.2) is 28.3 Å². The lowest BCUT2D eigenvalue weighted by Gasteiger charge is -2.11. The normalized spacial score (nSPS) is 10.7. The second-order valence-electron chi connectivity index (χ2n) is 4.85. The Kier molecular flexibility index (Phi) is 5.36. The molecule has 2 rings (SSSR count). The fourth-order valence-electron chi connectivity index (χ4n) is 2.26. The molecule has 4 N–H and O–H groups in total. The van der Waals surface area contributed by atoms with Crippen molar-refractivity contribution in [3.05, 3.63) is 39.0 Å². The Bertz CT molecular complexity index is 794. The van der Waals surface area contributed by atoms with Gasteiger partial charge in [0, 0.05) is 0 Å². The Labute approximate surface area is 148 Å². The van der Waals surface area contributed by atoms with Gasteiger partial charge >= 0.3 is 5.97 Å². The summed E-state index contributed by atoms with van der Waals surface area (Å²) in [7, 11) is 0. The number of hydrogen-bond donors (Lipinski definition) is 2. The number of hydrogen-bond acceptors (Lipinski definition) is 5. The molecule has 0 saturated heterocycles. The molecule has 0 spiro atoms. The monoisotopic (exact) mass is 370 g/mol. The van der Waals surface area contributed by atoms with Crippen molar-refractivity contribution in [3.63, 3.8) is 0 Å². The molecule has 0 atom stereocenters. The van der Waals surface area contributed by atoms with Gasteiger partial charge in [-0.05, 0) is 25.5 Å². The SMILES string of the molecule is CCOC(=O)c1cc(Cl)c(-n2nc(CC)c(C(N)=O)c2N)c(Cl)c1. The van der Waals surface area contributed by atoms with Gasteiger partial charge in [0.05, 0.1) is 27.9 Å². The molecule has 1 amide bonds. The van der Waals surface area contributed by atoms with E-state index in [0.717, 1.165) is 0 Å². The number of nitrogens with two attached hydrogens (primary N) is 2. The van der Waals surface area contributed by atoms with E-state index < -0.39 is 11.9 Å². The van der Waals surface area contributed by atoms with Crippen molar-refractivity contribution < 1.29 is 14.3 Å². The van der Waals surface area contributed by atoms with Crippen LogP contribution in [0.25, 0.3) is 5.69 Å². The summed E-state index contributed by atoms with van der Waals surface area (Å²) in [4.78, 5) is 23.4. The van der Waals surface area contributed by atoms with Gasteiger partial charge < -0.3 is 16.2 Å². The molecule has 0 bridgehead atoms.